The van der Waals surface area contributed by atoms with E-state index in [9.17, 15) is 5.11 Å². The fourth-order valence-electron chi connectivity index (χ4n) is 2.46. The molecule has 22 heavy (non-hydrogen) atoms. The van der Waals surface area contributed by atoms with Crippen LogP contribution in [0.2, 0.25) is 0 Å². The highest BCUT2D eigenvalue weighted by Crippen LogP contribution is 2.38. The molecule has 0 aliphatic heterocycles. The average molecular weight is 303 g/mol. The molecule has 2 aromatic rings. The minimum Gasteiger partial charge on any atom is -0.496 e. The fraction of sp³-hybridized carbons (Fsp3) is 0.500. The second-order valence-electron chi connectivity index (χ2n) is 5.57. The van der Waals surface area contributed by atoms with E-state index in [0.717, 1.165) is 30.0 Å². The van der Waals surface area contributed by atoms with E-state index in [2.05, 4.69) is 15.0 Å². The normalized spacial score (nSPS) is 14.5. The van der Waals surface area contributed by atoms with Crippen LogP contribution >= 0.6 is 0 Å². The first kappa shape index (κ1) is 15.0. The minimum absolute atomic E-state index is 0.0858. The van der Waals surface area contributed by atoms with E-state index in [0.29, 0.717) is 31.4 Å². The van der Waals surface area contributed by atoms with Crippen LogP contribution in [0, 0.1) is 0 Å². The minimum atomic E-state index is 0.0858. The van der Waals surface area contributed by atoms with Crippen molar-refractivity contribution in [3.05, 3.63) is 41.5 Å². The molecular formula is C16H21N3O3. The predicted molar refractivity (Wildman–Crippen MR) is 80.5 cm³/mol. The van der Waals surface area contributed by atoms with Gasteiger partial charge in [-0.15, -0.1) is 0 Å². The molecule has 3 rings (SSSR count). The largest absolute Gasteiger partial charge is 0.496 e. The highest BCUT2D eigenvalue weighted by Gasteiger charge is 2.29. The Hall–Kier alpha value is -1.92. The summed E-state index contributed by atoms with van der Waals surface area (Å²) in [5.74, 6) is 2.72. The van der Waals surface area contributed by atoms with E-state index in [1.165, 1.54) is 0 Å². The number of nitrogens with zero attached hydrogens (tertiary/aromatic N) is 3. The Balaban J connectivity index is 1.68. The number of aliphatic hydroxyl groups is 1. The summed E-state index contributed by atoms with van der Waals surface area (Å²) in [6, 6.07) is 7.88. The third-order valence-corrected chi connectivity index (χ3v) is 3.78. The zero-order valence-electron chi connectivity index (χ0n) is 12.7. The number of methoxy groups -OCH3 is 1. The monoisotopic (exact) mass is 303 g/mol. The Kier molecular flexibility index (Phi) is 4.70. The molecule has 0 unspecified atom stereocenters. The van der Waals surface area contributed by atoms with Crippen LogP contribution < -0.4 is 4.74 Å². The smallest absolute Gasteiger partial charge is 0.229 e. The van der Waals surface area contributed by atoms with Crippen LogP contribution in [0.15, 0.2) is 28.8 Å². The van der Waals surface area contributed by atoms with E-state index in [1.54, 1.807) is 7.11 Å². The highest BCUT2D eigenvalue weighted by molar-refractivity contribution is 5.33. The number of aliphatic hydroxyl groups excluding tert-OH is 1. The van der Waals surface area contributed by atoms with Crippen LogP contribution in [0.4, 0.5) is 0 Å². The van der Waals surface area contributed by atoms with Crippen molar-refractivity contribution < 1.29 is 14.4 Å². The van der Waals surface area contributed by atoms with Gasteiger partial charge < -0.3 is 14.4 Å². The molecule has 6 heteroatoms. The van der Waals surface area contributed by atoms with Crippen molar-refractivity contribution in [2.45, 2.75) is 31.8 Å². The molecule has 6 nitrogen and oxygen atoms in total. The zero-order chi connectivity index (χ0) is 15.4. The molecule has 1 aliphatic rings. The molecule has 1 aromatic heterocycles. The van der Waals surface area contributed by atoms with Crippen molar-refractivity contribution in [1.82, 2.24) is 15.0 Å². The number of hydrogen-bond donors (Lipinski definition) is 1. The van der Waals surface area contributed by atoms with Gasteiger partial charge in [0, 0.05) is 24.6 Å². The van der Waals surface area contributed by atoms with Gasteiger partial charge >= 0.3 is 0 Å². The summed E-state index contributed by atoms with van der Waals surface area (Å²) in [5, 5.41) is 13.3. The first-order chi connectivity index (χ1) is 10.8. The van der Waals surface area contributed by atoms with Crippen molar-refractivity contribution in [3.63, 3.8) is 0 Å². The number of ether oxygens (including phenoxy) is 1. The quantitative estimate of drug-likeness (QED) is 0.803. The summed E-state index contributed by atoms with van der Waals surface area (Å²) < 4.78 is 10.7. The molecule has 1 N–H and O–H groups in total. The third kappa shape index (κ3) is 3.64. The van der Waals surface area contributed by atoms with E-state index < -0.39 is 0 Å². The molecule has 1 aromatic carbocycles. The number of aromatic nitrogens is 2. The molecule has 0 amide bonds. The van der Waals surface area contributed by atoms with E-state index >= 15 is 0 Å². The lowest BCUT2D eigenvalue weighted by Gasteiger charge is -2.20. The first-order valence-electron chi connectivity index (χ1n) is 7.57. The molecule has 0 radical (unpaired) electrons. The van der Waals surface area contributed by atoms with Crippen LogP contribution in [-0.4, -0.2) is 40.4 Å². The Morgan fingerprint density at radius 1 is 1.32 bits per heavy atom. The second-order valence-corrected chi connectivity index (χ2v) is 5.57. The van der Waals surface area contributed by atoms with Gasteiger partial charge in [0.25, 0.3) is 0 Å². The summed E-state index contributed by atoms with van der Waals surface area (Å²) in [6.45, 7) is 1.85. The van der Waals surface area contributed by atoms with Gasteiger partial charge in [-0.25, -0.2) is 0 Å². The number of benzene rings is 1. The highest BCUT2D eigenvalue weighted by atomic mass is 16.5. The molecular weight excluding hydrogens is 282 g/mol. The van der Waals surface area contributed by atoms with Gasteiger partial charge in [0.15, 0.2) is 5.82 Å². The lowest BCUT2D eigenvalue weighted by molar-refractivity contribution is 0.178. The summed E-state index contributed by atoms with van der Waals surface area (Å²) in [4.78, 5) is 6.53. The maximum atomic E-state index is 9.29. The van der Waals surface area contributed by atoms with Crippen molar-refractivity contribution in [1.29, 1.82) is 0 Å². The fourth-order valence-corrected chi connectivity index (χ4v) is 2.46. The third-order valence-electron chi connectivity index (χ3n) is 3.78. The number of hydrogen-bond acceptors (Lipinski definition) is 6. The van der Waals surface area contributed by atoms with Crippen molar-refractivity contribution in [3.8, 4) is 5.75 Å². The van der Waals surface area contributed by atoms with Gasteiger partial charge in [-0.05, 0) is 18.9 Å². The molecule has 1 fully saturated rings. The maximum absolute atomic E-state index is 9.29. The summed E-state index contributed by atoms with van der Waals surface area (Å²) in [6.07, 6.45) is 2.28. The lowest BCUT2D eigenvalue weighted by Crippen LogP contribution is -2.26. The summed E-state index contributed by atoms with van der Waals surface area (Å²) >= 11 is 0. The van der Waals surface area contributed by atoms with Crippen LogP contribution in [0.25, 0.3) is 0 Å². The molecule has 0 saturated heterocycles. The molecule has 0 atom stereocenters. The maximum Gasteiger partial charge on any atom is 0.229 e. The Bertz CT molecular complexity index is 610. The van der Waals surface area contributed by atoms with Gasteiger partial charge in [0.05, 0.1) is 20.3 Å². The predicted octanol–water partition coefficient (Wildman–Crippen LogP) is 1.95. The Morgan fingerprint density at radius 3 is 2.86 bits per heavy atom. The number of rotatable bonds is 8. The molecule has 1 heterocycles. The van der Waals surface area contributed by atoms with Gasteiger partial charge in [0.1, 0.15) is 5.75 Å². The topological polar surface area (TPSA) is 71.6 Å². The van der Waals surface area contributed by atoms with E-state index in [1.807, 2.05) is 24.3 Å². The van der Waals surface area contributed by atoms with E-state index in [-0.39, 0.29) is 6.61 Å². The Morgan fingerprint density at radius 2 is 2.14 bits per heavy atom. The molecule has 0 spiro atoms. The SMILES string of the molecule is COc1ccccc1CN(CCO)Cc1noc(C2CC2)n1. The van der Waals surface area contributed by atoms with Crippen LogP contribution in [0.1, 0.15) is 36.0 Å². The second kappa shape index (κ2) is 6.89. The summed E-state index contributed by atoms with van der Waals surface area (Å²) in [5.41, 5.74) is 1.07. The van der Waals surface area contributed by atoms with Gasteiger partial charge in [-0.2, -0.15) is 4.98 Å². The average Bonchev–Trinajstić information content (AvgIpc) is 3.28. The first-order valence-corrected chi connectivity index (χ1v) is 7.57. The van der Waals surface area contributed by atoms with Crippen molar-refractivity contribution in [2.75, 3.05) is 20.3 Å². The van der Waals surface area contributed by atoms with Crippen molar-refractivity contribution in [2.24, 2.45) is 0 Å². The molecule has 0 bridgehead atoms. The molecule has 1 saturated carbocycles. The molecule has 1 aliphatic carbocycles. The Labute approximate surface area is 129 Å². The van der Waals surface area contributed by atoms with Crippen molar-refractivity contribution >= 4 is 0 Å². The van der Waals surface area contributed by atoms with Gasteiger partial charge in [0.2, 0.25) is 5.89 Å². The van der Waals surface area contributed by atoms with Crippen LogP contribution in [0.5, 0.6) is 5.75 Å². The van der Waals surface area contributed by atoms with Crippen LogP contribution in [-0.2, 0) is 13.1 Å². The van der Waals surface area contributed by atoms with Gasteiger partial charge in [-0.1, -0.05) is 23.4 Å². The standard InChI is InChI=1S/C16H21N3O3/c1-21-14-5-3-2-4-13(14)10-19(8-9-20)11-15-17-16(22-18-15)12-6-7-12/h2-5,12,20H,6-11H2,1H3. The molecule has 118 valence electrons. The van der Waals surface area contributed by atoms with Gasteiger partial charge in [-0.3, -0.25) is 4.90 Å². The number of para-hydroxylation sites is 1. The summed E-state index contributed by atoms with van der Waals surface area (Å²) in [7, 11) is 1.66. The zero-order valence-corrected chi connectivity index (χ0v) is 12.7. The van der Waals surface area contributed by atoms with E-state index in [4.69, 9.17) is 9.26 Å². The van der Waals surface area contributed by atoms with Crippen LogP contribution in [0.3, 0.4) is 0 Å². The lowest BCUT2D eigenvalue weighted by atomic mass is 10.2.